The van der Waals surface area contributed by atoms with Crippen LogP contribution in [0.5, 0.6) is 0 Å². The number of aromatic nitrogens is 3. The van der Waals surface area contributed by atoms with Gasteiger partial charge in [-0.15, -0.1) is 10.2 Å². The molecule has 162 valence electrons. The zero-order chi connectivity index (χ0) is 21.8. The molecule has 9 heteroatoms. The van der Waals surface area contributed by atoms with Gasteiger partial charge in [-0.05, 0) is 44.0 Å². The SMILES string of the molecule is Cc1nnc(SCC(=O)c2ccc(S(=O)(=O)N3CCCCC3)cc2)n1-c1ccccc1. The highest BCUT2D eigenvalue weighted by atomic mass is 32.2. The number of piperidine rings is 1. The molecule has 0 saturated carbocycles. The Morgan fingerprint density at radius 2 is 1.65 bits per heavy atom. The Hall–Kier alpha value is -2.49. The average Bonchev–Trinajstić information content (AvgIpc) is 3.19. The molecule has 0 spiro atoms. The molecule has 2 heterocycles. The van der Waals surface area contributed by atoms with Crippen molar-refractivity contribution in [1.82, 2.24) is 19.1 Å². The van der Waals surface area contributed by atoms with Crippen molar-refractivity contribution in [2.45, 2.75) is 36.2 Å². The van der Waals surface area contributed by atoms with E-state index in [1.807, 2.05) is 41.8 Å². The first-order valence-electron chi connectivity index (χ1n) is 10.2. The molecular weight excluding hydrogens is 432 g/mol. The fourth-order valence-electron chi connectivity index (χ4n) is 3.59. The van der Waals surface area contributed by atoms with Crippen molar-refractivity contribution in [1.29, 1.82) is 0 Å². The van der Waals surface area contributed by atoms with Crippen molar-refractivity contribution in [3.8, 4) is 5.69 Å². The lowest BCUT2D eigenvalue weighted by Crippen LogP contribution is -2.35. The number of hydrogen-bond acceptors (Lipinski definition) is 6. The first-order valence-corrected chi connectivity index (χ1v) is 12.6. The topological polar surface area (TPSA) is 85.2 Å². The van der Waals surface area contributed by atoms with Gasteiger partial charge in [-0.2, -0.15) is 4.31 Å². The van der Waals surface area contributed by atoms with Gasteiger partial charge in [0, 0.05) is 24.3 Å². The van der Waals surface area contributed by atoms with Crippen LogP contribution in [0.25, 0.3) is 5.69 Å². The minimum Gasteiger partial charge on any atom is -0.293 e. The molecule has 1 fully saturated rings. The van der Waals surface area contributed by atoms with Crippen LogP contribution in [0.15, 0.2) is 64.6 Å². The molecule has 1 aromatic heterocycles. The number of sulfonamides is 1. The van der Waals surface area contributed by atoms with Crippen molar-refractivity contribution in [2.24, 2.45) is 0 Å². The highest BCUT2D eigenvalue weighted by Gasteiger charge is 2.26. The van der Waals surface area contributed by atoms with Gasteiger partial charge >= 0.3 is 0 Å². The molecule has 7 nitrogen and oxygen atoms in total. The molecule has 1 aliphatic rings. The number of ketones is 1. The van der Waals surface area contributed by atoms with E-state index in [-0.39, 0.29) is 16.4 Å². The predicted octanol–water partition coefficient (Wildman–Crippen LogP) is 3.73. The summed E-state index contributed by atoms with van der Waals surface area (Å²) in [5.41, 5.74) is 1.42. The monoisotopic (exact) mass is 456 g/mol. The number of carbonyl (C=O) groups is 1. The van der Waals surface area contributed by atoms with Gasteiger partial charge in [0.25, 0.3) is 0 Å². The summed E-state index contributed by atoms with van der Waals surface area (Å²) in [6, 6.07) is 16.0. The van der Waals surface area contributed by atoms with Crippen LogP contribution in [-0.2, 0) is 10.0 Å². The first kappa shape index (κ1) is 21.7. The highest BCUT2D eigenvalue weighted by molar-refractivity contribution is 7.99. The van der Waals surface area contributed by atoms with Crippen molar-refractivity contribution >= 4 is 27.6 Å². The van der Waals surface area contributed by atoms with E-state index < -0.39 is 10.0 Å². The minimum absolute atomic E-state index is 0.0906. The Kier molecular flexibility index (Phi) is 6.54. The number of Topliss-reactive ketones (excluding diaryl/α,β-unsaturated/α-hetero) is 1. The number of para-hydroxylation sites is 1. The lowest BCUT2D eigenvalue weighted by atomic mass is 10.1. The standard InChI is InChI=1S/C22H24N4O3S2/c1-17-23-24-22(26(17)19-8-4-2-5-9-19)30-16-21(27)18-10-12-20(13-11-18)31(28,29)25-14-6-3-7-15-25/h2,4-5,8-13H,3,6-7,14-16H2,1H3. The molecule has 0 bridgehead atoms. The fraction of sp³-hybridized carbons (Fsp3) is 0.318. The van der Waals surface area contributed by atoms with Gasteiger partial charge in [0.15, 0.2) is 10.9 Å². The summed E-state index contributed by atoms with van der Waals surface area (Å²) in [4.78, 5) is 12.9. The highest BCUT2D eigenvalue weighted by Crippen LogP contribution is 2.24. The number of nitrogens with zero attached hydrogens (tertiary/aromatic N) is 4. The Morgan fingerprint density at radius 3 is 2.32 bits per heavy atom. The number of thioether (sulfide) groups is 1. The Bertz CT molecular complexity index is 1150. The fourth-order valence-corrected chi connectivity index (χ4v) is 6.00. The average molecular weight is 457 g/mol. The van der Waals surface area contributed by atoms with Gasteiger partial charge in [-0.3, -0.25) is 9.36 Å². The van der Waals surface area contributed by atoms with Gasteiger partial charge in [0.2, 0.25) is 10.0 Å². The number of aryl methyl sites for hydroxylation is 1. The maximum Gasteiger partial charge on any atom is 0.243 e. The maximum atomic E-state index is 12.8. The van der Waals surface area contributed by atoms with E-state index in [1.54, 1.807) is 12.1 Å². The molecule has 0 N–H and O–H groups in total. The maximum absolute atomic E-state index is 12.8. The van der Waals surface area contributed by atoms with Crippen LogP contribution >= 0.6 is 11.8 Å². The van der Waals surface area contributed by atoms with Gasteiger partial charge in [-0.1, -0.05) is 48.5 Å². The van der Waals surface area contributed by atoms with Gasteiger partial charge < -0.3 is 0 Å². The second kappa shape index (κ2) is 9.33. The van der Waals surface area contributed by atoms with Crippen molar-refractivity contribution in [3.05, 3.63) is 66.0 Å². The Morgan fingerprint density at radius 1 is 0.968 bits per heavy atom. The molecule has 1 aliphatic heterocycles. The quantitative estimate of drug-likeness (QED) is 0.398. The van der Waals surface area contributed by atoms with Crippen LogP contribution < -0.4 is 0 Å². The zero-order valence-corrected chi connectivity index (χ0v) is 18.9. The molecule has 0 radical (unpaired) electrons. The second-order valence-corrected chi connectivity index (χ2v) is 10.3. The number of rotatable bonds is 7. The summed E-state index contributed by atoms with van der Waals surface area (Å²) in [6.45, 7) is 2.98. The molecule has 2 aromatic carbocycles. The molecule has 31 heavy (non-hydrogen) atoms. The summed E-state index contributed by atoms with van der Waals surface area (Å²) in [5, 5.41) is 8.97. The van der Waals surface area contributed by atoms with E-state index >= 15 is 0 Å². The first-order chi connectivity index (χ1) is 15.0. The third-order valence-electron chi connectivity index (χ3n) is 5.27. The lowest BCUT2D eigenvalue weighted by molar-refractivity contribution is 0.102. The second-order valence-electron chi connectivity index (χ2n) is 7.40. The number of hydrogen-bond donors (Lipinski definition) is 0. The smallest absolute Gasteiger partial charge is 0.243 e. The summed E-state index contributed by atoms with van der Waals surface area (Å²) < 4.78 is 29.0. The van der Waals surface area contributed by atoms with E-state index in [1.165, 1.54) is 28.2 Å². The van der Waals surface area contributed by atoms with Gasteiger partial charge in [-0.25, -0.2) is 8.42 Å². The van der Waals surface area contributed by atoms with Gasteiger partial charge in [0.1, 0.15) is 5.82 Å². The molecule has 0 amide bonds. The van der Waals surface area contributed by atoms with E-state index in [0.29, 0.717) is 23.8 Å². The molecular formula is C22H24N4O3S2. The molecule has 0 aliphatic carbocycles. The molecule has 3 aromatic rings. The Labute approximate surface area is 186 Å². The van der Waals surface area contributed by atoms with Crippen LogP contribution in [0, 0.1) is 6.92 Å². The predicted molar refractivity (Wildman–Crippen MR) is 120 cm³/mol. The van der Waals surface area contributed by atoms with Crippen LogP contribution in [-0.4, -0.2) is 52.1 Å². The summed E-state index contributed by atoms with van der Waals surface area (Å²) in [6.07, 6.45) is 2.84. The van der Waals surface area contributed by atoms with Crippen LogP contribution in [0.3, 0.4) is 0 Å². The number of benzene rings is 2. The van der Waals surface area contributed by atoms with Crippen molar-refractivity contribution in [2.75, 3.05) is 18.8 Å². The van der Waals surface area contributed by atoms with Crippen LogP contribution in [0.1, 0.15) is 35.4 Å². The number of carbonyl (C=O) groups excluding carboxylic acids is 1. The summed E-state index contributed by atoms with van der Waals surface area (Å²) in [5.74, 6) is 0.837. The van der Waals surface area contributed by atoms with Crippen LogP contribution in [0.4, 0.5) is 0 Å². The minimum atomic E-state index is -3.50. The van der Waals surface area contributed by atoms with E-state index in [0.717, 1.165) is 30.8 Å². The summed E-state index contributed by atoms with van der Waals surface area (Å²) in [7, 11) is -3.50. The largest absolute Gasteiger partial charge is 0.293 e. The molecule has 4 rings (SSSR count). The van der Waals surface area contributed by atoms with E-state index in [4.69, 9.17) is 0 Å². The van der Waals surface area contributed by atoms with Crippen molar-refractivity contribution < 1.29 is 13.2 Å². The zero-order valence-electron chi connectivity index (χ0n) is 17.3. The van der Waals surface area contributed by atoms with E-state index in [9.17, 15) is 13.2 Å². The molecule has 0 unspecified atom stereocenters. The van der Waals surface area contributed by atoms with Crippen LogP contribution in [0.2, 0.25) is 0 Å². The normalized spacial score (nSPS) is 15.1. The third-order valence-corrected chi connectivity index (χ3v) is 8.11. The Balaban J connectivity index is 1.45. The summed E-state index contributed by atoms with van der Waals surface area (Å²) >= 11 is 1.31. The van der Waals surface area contributed by atoms with Crippen molar-refractivity contribution in [3.63, 3.8) is 0 Å². The lowest BCUT2D eigenvalue weighted by Gasteiger charge is -2.25. The van der Waals surface area contributed by atoms with Gasteiger partial charge in [0.05, 0.1) is 10.6 Å². The van der Waals surface area contributed by atoms with E-state index in [2.05, 4.69) is 10.2 Å². The molecule has 0 atom stereocenters. The third kappa shape index (κ3) is 4.73. The molecule has 1 saturated heterocycles.